The number of carbonyl (C=O) groups is 2. The molecule has 0 aromatic heterocycles. The number of ether oxygens (including phenoxy) is 2. The zero-order valence-electron chi connectivity index (χ0n) is 13.6. The van der Waals surface area contributed by atoms with E-state index in [1.54, 1.807) is 27.7 Å². The van der Waals surface area contributed by atoms with Crippen LogP contribution in [0.1, 0.15) is 53.4 Å². The summed E-state index contributed by atoms with van der Waals surface area (Å²) in [5, 5.41) is 9.81. The van der Waals surface area contributed by atoms with Gasteiger partial charge in [-0.05, 0) is 40.5 Å². The summed E-state index contributed by atoms with van der Waals surface area (Å²) < 4.78 is 10.8. The van der Waals surface area contributed by atoms with E-state index in [0.717, 1.165) is 12.8 Å². The minimum atomic E-state index is -1.34. The van der Waals surface area contributed by atoms with Crippen molar-refractivity contribution in [1.82, 2.24) is 4.90 Å². The van der Waals surface area contributed by atoms with Crippen LogP contribution in [0.15, 0.2) is 0 Å². The average molecular weight is 301 g/mol. The molecule has 6 nitrogen and oxygen atoms in total. The molecule has 1 aliphatic rings. The highest BCUT2D eigenvalue weighted by Gasteiger charge is 2.54. The van der Waals surface area contributed by atoms with E-state index in [1.165, 1.54) is 12.0 Å². The molecule has 6 heteroatoms. The van der Waals surface area contributed by atoms with Gasteiger partial charge in [0.1, 0.15) is 5.60 Å². The molecule has 1 saturated carbocycles. The monoisotopic (exact) mass is 301 g/mol. The third-order valence-corrected chi connectivity index (χ3v) is 3.87. The molecule has 1 N–H and O–H groups in total. The van der Waals surface area contributed by atoms with Crippen LogP contribution in [-0.4, -0.2) is 53.0 Å². The molecule has 21 heavy (non-hydrogen) atoms. The van der Waals surface area contributed by atoms with Gasteiger partial charge in [-0.3, -0.25) is 4.90 Å². The molecular formula is C15H27NO5. The van der Waals surface area contributed by atoms with Crippen LogP contribution in [0.3, 0.4) is 0 Å². The first-order valence-electron chi connectivity index (χ1n) is 7.46. The molecule has 0 radical (unpaired) electrons. The molecule has 0 spiro atoms. The Labute approximate surface area is 126 Å². The van der Waals surface area contributed by atoms with Crippen LogP contribution in [0, 0.1) is 0 Å². The second-order valence-corrected chi connectivity index (χ2v) is 6.42. The Balaban J connectivity index is 3.16. The molecule has 2 unspecified atom stereocenters. The lowest BCUT2D eigenvalue weighted by Crippen LogP contribution is -2.65. The van der Waals surface area contributed by atoms with Crippen molar-refractivity contribution < 1.29 is 24.2 Å². The minimum Gasteiger partial charge on any atom is -0.479 e. The standard InChI is InChI=1S/C15H27NO5/c1-6-16(13(19)21-14(2,3)4)15(12(17)18)10-8-7-9-11(15)20-5/h11H,6-10H2,1-5H3,(H,17,18). The lowest BCUT2D eigenvalue weighted by molar-refractivity contribution is -0.166. The smallest absolute Gasteiger partial charge is 0.411 e. The van der Waals surface area contributed by atoms with Crippen LogP contribution in [0.4, 0.5) is 4.79 Å². The van der Waals surface area contributed by atoms with Gasteiger partial charge in [0.2, 0.25) is 0 Å². The summed E-state index contributed by atoms with van der Waals surface area (Å²) in [5.41, 5.74) is -2.01. The molecule has 0 aromatic rings. The Kier molecular flexibility index (Phi) is 5.61. The molecule has 0 saturated heterocycles. The largest absolute Gasteiger partial charge is 0.479 e. The predicted octanol–water partition coefficient (Wildman–Crippen LogP) is 2.66. The van der Waals surface area contributed by atoms with Crippen LogP contribution in [0.2, 0.25) is 0 Å². The van der Waals surface area contributed by atoms with Crippen molar-refractivity contribution in [2.24, 2.45) is 0 Å². The number of hydrogen-bond donors (Lipinski definition) is 1. The van der Waals surface area contributed by atoms with E-state index in [9.17, 15) is 14.7 Å². The molecular weight excluding hydrogens is 274 g/mol. The first kappa shape index (κ1) is 17.8. The molecule has 0 heterocycles. The van der Waals surface area contributed by atoms with Crippen LogP contribution in [0.25, 0.3) is 0 Å². The predicted molar refractivity (Wildman–Crippen MR) is 78.2 cm³/mol. The van der Waals surface area contributed by atoms with Crippen LogP contribution in [0.5, 0.6) is 0 Å². The summed E-state index contributed by atoms with van der Waals surface area (Å²) in [7, 11) is 1.50. The summed E-state index contributed by atoms with van der Waals surface area (Å²) >= 11 is 0. The van der Waals surface area contributed by atoms with Gasteiger partial charge in [-0.25, -0.2) is 9.59 Å². The highest BCUT2D eigenvalue weighted by molar-refractivity contribution is 5.85. The zero-order chi connectivity index (χ0) is 16.3. The van der Waals surface area contributed by atoms with E-state index in [-0.39, 0.29) is 6.54 Å². The Hall–Kier alpha value is -1.30. The van der Waals surface area contributed by atoms with E-state index in [1.807, 2.05) is 0 Å². The SMILES string of the molecule is CCN(C(=O)OC(C)(C)C)C1(C(=O)O)CCCCC1OC. The van der Waals surface area contributed by atoms with Gasteiger partial charge >= 0.3 is 12.1 Å². The molecule has 1 rings (SSSR count). The molecule has 2 atom stereocenters. The lowest BCUT2D eigenvalue weighted by atomic mass is 9.77. The maximum atomic E-state index is 12.4. The van der Waals surface area contributed by atoms with Crippen molar-refractivity contribution in [1.29, 1.82) is 0 Å². The summed E-state index contributed by atoms with van der Waals surface area (Å²) in [4.78, 5) is 25.7. The summed E-state index contributed by atoms with van der Waals surface area (Å²) in [6.45, 7) is 7.32. The second kappa shape index (κ2) is 6.64. The molecule has 0 aromatic carbocycles. The molecule has 1 aliphatic carbocycles. The number of carboxylic acid groups (broad SMARTS) is 1. The number of carbonyl (C=O) groups excluding carboxylic acids is 1. The van der Waals surface area contributed by atoms with Crippen LogP contribution >= 0.6 is 0 Å². The fraction of sp³-hybridized carbons (Fsp3) is 0.867. The maximum Gasteiger partial charge on any atom is 0.411 e. The second-order valence-electron chi connectivity index (χ2n) is 6.42. The molecule has 122 valence electrons. The number of likely N-dealkylation sites (N-methyl/N-ethyl adjacent to an activating group) is 1. The lowest BCUT2D eigenvalue weighted by Gasteiger charge is -2.46. The van der Waals surface area contributed by atoms with Crippen molar-refractivity contribution in [2.75, 3.05) is 13.7 Å². The minimum absolute atomic E-state index is 0.265. The number of nitrogens with zero attached hydrogens (tertiary/aromatic N) is 1. The highest BCUT2D eigenvalue weighted by atomic mass is 16.6. The van der Waals surface area contributed by atoms with Gasteiger partial charge < -0.3 is 14.6 Å². The summed E-state index contributed by atoms with van der Waals surface area (Å²) in [6, 6.07) is 0. The summed E-state index contributed by atoms with van der Waals surface area (Å²) in [6.07, 6.45) is 1.55. The van der Waals surface area contributed by atoms with Crippen molar-refractivity contribution in [3.63, 3.8) is 0 Å². The fourth-order valence-electron chi connectivity index (χ4n) is 3.00. The van der Waals surface area contributed by atoms with Crippen molar-refractivity contribution >= 4 is 12.1 Å². The Morgan fingerprint density at radius 2 is 1.95 bits per heavy atom. The van der Waals surface area contributed by atoms with Gasteiger partial charge in [0.25, 0.3) is 0 Å². The first-order valence-corrected chi connectivity index (χ1v) is 7.46. The Morgan fingerprint density at radius 1 is 1.33 bits per heavy atom. The molecule has 1 amide bonds. The van der Waals surface area contributed by atoms with E-state index < -0.39 is 29.3 Å². The third kappa shape index (κ3) is 3.67. The molecule has 0 bridgehead atoms. The van der Waals surface area contributed by atoms with E-state index in [4.69, 9.17) is 9.47 Å². The molecule has 1 fully saturated rings. The van der Waals surface area contributed by atoms with E-state index >= 15 is 0 Å². The third-order valence-electron chi connectivity index (χ3n) is 3.87. The van der Waals surface area contributed by atoms with Gasteiger partial charge in [-0.1, -0.05) is 12.8 Å². The van der Waals surface area contributed by atoms with E-state index in [2.05, 4.69) is 0 Å². The Morgan fingerprint density at radius 3 is 2.38 bits per heavy atom. The summed E-state index contributed by atoms with van der Waals surface area (Å²) in [5.74, 6) is -1.03. The number of hydrogen-bond acceptors (Lipinski definition) is 4. The van der Waals surface area contributed by atoms with Gasteiger partial charge in [-0.2, -0.15) is 0 Å². The number of methoxy groups -OCH3 is 1. The number of aliphatic carboxylic acids is 1. The normalized spacial score (nSPS) is 26.2. The van der Waals surface area contributed by atoms with E-state index in [0.29, 0.717) is 12.8 Å². The number of rotatable bonds is 4. The average Bonchev–Trinajstić information content (AvgIpc) is 2.37. The van der Waals surface area contributed by atoms with Gasteiger partial charge in [-0.15, -0.1) is 0 Å². The van der Waals surface area contributed by atoms with Crippen LogP contribution in [-0.2, 0) is 14.3 Å². The quantitative estimate of drug-likeness (QED) is 0.864. The number of carboxylic acids is 1. The topological polar surface area (TPSA) is 76.1 Å². The van der Waals surface area contributed by atoms with Crippen LogP contribution < -0.4 is 0 Å². The van der Waals surface area contributed by atoms with Gasteiger partial charge in [0, 0.05) is 13.7 Å². The van der Waals surface area contributed by atoms with Crippen molar-refractivity contribution in [3.05, 3.63) is 0 Å². The van der Waals surface area contributed by atoms with Gasteiger partial charge in [0.05, 0.1) is 6.10 Å². The fourth-order valence-corrected chi connectivity index (χ4v) is 3.00. The van der Waals surface area contributed by atoms with Crippen molar-refractivity contribution in [3.8, 4) is 0 Å². The number of amides is 1. The van der Waals surface area contributed by atoms with Gasteiger partial charge in [0.15, 0.2) is 5.54 Å². The first-order chi connectivity index (χ1) is 9.69. The molecule has 0 aliphatic heterocycles. The zero-order valence-corrected chi connectivity index (χ0v) is 13.6. The maximum absolute atomic E-state index is 12.4. The van der Waals surface area contributed by atoms with Crippen molar-refractivity contribution in [2.45, 2.75) is 70.6 Å². The Bertz CT molecular complexity index is 390. The highest BCUT2D eigenvalue weighted by Crippen LogP contribution is 2.37.